The second-order valence-corrected chi connectivity index (χ2v) is 9.06. The van der Waals surface area contributed by atoms with Gasteiger partial charge in [-0.05, 0) is 55.8 Å². The number of aliphatic hydroxyl groups is 3. The van der Waals surface area contributed by atoms with Crippen LogP contribution in [0.5, 0.6) is 0 Å². The van der Waals surface area contributed by atoms with Gasteiger partial charge in [0.2, 0.25) is 0 Å². The van der Waals surface area contributed by atoms with Crippen LogP contribution in [0.4, 0.5) is 0 Å². The van der Waals surface area contributed by atoms with E-state index in [9.17, 15) is 15.3 Å². The summed E-state index contributed by atoms with van der Waals surface area (Å²) in [6.45, 7) is 6.75. The van der Waals surface area contributed by atoms with Gasteiger partial charge in [0.15, 0.2) is 0 Å². The van der Waals surface area contributed by atoms with Gasteiger partial charge in [0.1, 0.15) is 0 Å². The lowest BCUT2D eigenvalue weighted by atomic mass is 9.74. The molecule has 0 aliphatic heterocycles. The van der Waals surface area contributed by atoms with Gasteiger partial charge in [-0.3, -0.25) is 0 Å². The summed E-state index contributed by atoms with van der Waals surface area (Å²) >= 11 is 0. The molecule has 0 aromatic carbocycles. The molecule has 3 nitrogen and oxygen atoms in total. The molecule has 24 heavy (non-hydrogen) atoms. The number of aliphatic hydroxyl groups excluding tert-OH is 3. The Balaban J connectivity index is 1.82. The molecule has 0 aromatic heterocycles. The van der Waals surface area contributed by atoms with E-state index < -0.39 is 12.2 Å². The van der Waals surface area contributed by atoms with Crippen LogP contribution in [0.15, 0.2) is 12.2 Å². The smallest absolute Gasteiger partial charge is 0.0864 e. The van der Waals surface area contributed by atoms with Crippen molar-refractivity contribution >= 4 is 0 Å². The second kappa shape index (κ2) is 8.82. The lowest BCUT2D eigenvalue weighted by Crippen LogP contribution is -2.28. The largest absolute Gasteiger partial charge is 0.393 e. The molecule has 2 rings (SSSR count). The van der Waals surface area contributed by atoms with E-state index in [0.29, 0.717) is 0 Å². The van der Waals surface area contributed by atoms with Crippen LogP contribution in [-0.2, 0) is 0 Å². The predicted octanol–water partition coefficient (Wildman–Crippen LogP) is 4.06. The van der Waals surface area contributed by atoms with Gasteiger partial charge in [0, 0.05) is 5.92 Å². The van der Waals surface area contributed by atoms with Crippen LogP contribution in [0.25, 0.3) is 0 Å². The van der Waals surface area contributed by atoms with Gasteiger partial charge in [0.25, 0.3) is 0 Å². The van der Waals surface area contributed by atoms with Gasteiger partial charge in [0.05, 0.1) is 18.3 Å². The summed E-state index contributed by atoms with van der Waals surface area (Å²) in [4.78, 5) is 0. The van der Waals surface area contributed by atoms with Crippen molar-refractivity contribution in [1.29, 1.82) is 0 Å². The lowest BCUT2D eigenvalue weighted by molar-refractivity contribution is 0.00855. The van der Waals surface area contributed by atoms with Crippen molar-refractivity contribution in [2.45, 2.75) is 96.9 Å². The fourth-order valence-electron chi connectivity index (χ4n) is 4.39. The quantitative estimate of drug-likeness (QED) is 0.484. The molecule has 0 bridgehead atoms. The highest BCUT2D eigenvalue weighted by atomic mass is 16.3. The average molecular weight is 339 g/mol. The molecule has 0 saturated heterocycles. The first-order valence-corrected chi connectivity index (χ1v) is 10.0. The fraction of sp³-hybridized carbons (Fsp3) is 0.905. The van der Waals surface area contributed by atoms with E-state index in [-0.39, 0.29) is 23.4 Å². The molecule has 0 radical (unpaired) electrons. The molecule has 4 atom stereocenters. The van der Waals surface area contributed by atoms with Gasteiger partial charge < -0.3 is 15.3 Å². The SMILES string of the molecule is CC(C)CCCC[C@@H]1C[C@H](/C=C/C2(C)CCC(O)CC2)[C@@H](O)[C@H]1O. The molecular formula is C21H38O3. The Labute approximate surface area is 148 Å². The first-order chi connectivity index (χ1) is 11.3. The van der Waals surface area contributed by atoms with Crippen LogP contribution in [0.3, 0.4) is 0 Å². The highest BCUT2D eigenvalue weighted by molar-refractivity contribution is 5.07. The molecule has 0 spiro atoms. The molecule has 2 aliphatic rings. The molecule has 2 saturated carbocycles. The number of rotatable bonds is 7. The summed E-state index contributed by atoms with van der Waals surface area (Å²) in [5, 5.41) is 30.4. The van der Waals surface area contributed by atoms with Crippen LogP contribution in [-0.4, -0.2) is 33.6 Å². The van der Waals surface area contributed by atoms with Crippen LogP contribution in [0.2, 0.25) is 0 Å². The molecule has 140 valence electrons. The zero-order chi connectivity index (χ0) is 17.7. The monoisotopic (exact) mass is 338 g/mol. The predicted molar refractivity (Wildman–Crippen MR) is 98.6 cm³/mol. The minimum atomic E-state index is -0.617. The molecule has 0 unspecified atom stereocenters. The zero-order valence-corrected chi connectivity index (χ0v) is 15.8. The van der Waals surface area contributed by atoms with Crippen molar-refractivity contribution in [3.63, 3.8) is 0 Å². The van der Waals surface area contributed by atoms with E-state index in [1.807, 2.05) is 0 Å². The highest BCUT2D eigenvalue weighted by Crippen LogP contribution is 2.40. The minimum absolute atomic E-state index is 0.0822. The topological polar surface area (TPSA) is 60.7 Å². The van der Waals surface area contributed by atoms with E-state index in [1.165, 1.54) is 12.8 Å². The van der Waals surface area contributed by atoms with Crippen LogP contribution in [0, 0.1) is 23.2 Å². The van der Waals surface area contributed by atoms with Gasteiger partial charge >= 0.3 is 0 Å². The summed E-state index contributed by atoms with van der Waals surface area (Å²) in [6, 6.07) is 0. The maximum absolute atomic E-state index is 10.4. The molecule has 0 amide bonds. The van der Waals surface area contributed by atoms with Crippen LogP contribution < -0.4 is 0 Å². The molecule has 3 heteroatoms. The van der Waals surface area contributed by atoms with Crippen molar-refractivity contribution in [2.24, 2.45) is 23.2 Å². The number of unbranched alkanes of at least 4 members (excludes halogenated alkanes) is 1. The Morgan fingerprint density at radius 3 is 2.33 bits per heavy atom. The summed E-state index contributed by atoms with van der Waals surface area (Å²) in [5.74, 6) is 1.07. The van der Waals surface area contributed by atoms with E-state index in [0.717, 1.165) is 50.9 Å². The number of hydrogen-bond donors (Lipinski definition) is 3. The van der Waals surface area contributed by atoms with Crippen molar-refractivity contribution in [1.82, 2.24) is 0 Å². The summed E-state index contributed by atoms with van der Waals surface area (Å²) in [6.07, 6.45) is 12.4. The van der Waals surface area contributed by atoms with Crippen LogP contribution >= 0.6 is 0 Å². The third kappa shape index (κ3) is 5.57. The Bertz CT molecular complexity index is 396. The van der Waals surface area contributed by atoms with Gasteiger partial charge in [-0.1, -0.05) is 52.2 Å². The van der Waals surface area contributed by atoms with Crippen molar-refractivity contribution in [3.8, 4) is 0 Å². The van der Waals surface area contributed by atoms with E-state index in [4.69, 9.17) is 0 Å². The van der Waals surface area contributed by atoms with Crippen LogP contribution in [0.1, 0.15) is 78.6 Å². The van der Waals surface area contributed by atoms with Gasteiger partial charge in [-0.15, -0.1) is 0 Å². The lowest BCUT2D eigenvalue weighted by Gasteiger charge is -2.33. The van der Waals surface area contributed by atoms with Gasteiger partial charge in [-0.2, -0.15) is 0 Å². The standard InChI is InChI=1S/C21H38O3/c1-15(2)6-4-5-7-16-14-17(20(24)19(16)23)8-11-21(3)12-9-18(22)10-13-21/h8,11,15-20,22-24H,4-7,9-10,12-14H2,1-3H3/b11-8+/t16-,17+,18?,19+,20-,21?/m1/s1. The maximum atomic E-state index is 10.4. The van der Waals surface area contributed by atoms with Crippen molar-refractivity contribution in [3.05, 3.63) is 12.2 Å². The molecule has 0 aromatic rings. The van der Waals surface area contributed by atoms with E-state index >= 15 is 0 Å². The Morgan fingerprint density at radius 2 is 1.71 bits per heavy atom. The molecule has 2 aliphatic carbocycles. The maximum Gasteiger partial charge on any atom is 0.0864 e. The second-order valence-electron chi connectivity index (χ2n) is 9.06. The zero-order valence-electron chi connectivity index (χ0n) is 15.8. The van der Waals surface area contributed by atoms with Crippen molar-refractivity contribution < 1.29 is 15.3 Å². The fourth-order valence-corrected chi connectivity index (χ4v) is 4.39. The normalized spacial score (nSPS) is 40.7. The third-order valence-corrected chi connectivity index (χ3v) is 6.30. The highest BCUT2D eigenvalue weighted by Gasteiger charge is 2.40. The first kappa shape index (κ1) is 19.9. The summed E-state index contributed by atoms with van der Waals surface area (Å²) in [5.41, 5.74) is 0.138. The Hall–Kier alpha value is -0.380. The summed E-state index contributed by atoms with van der Waals surface area (Å²) in [7, 11) is 0. The molecular weight excluding hydrogens is 300 g/mol. The number of allylic oxidation sites excluding steroid dienone is 1. The first-order valence-electron chi connectivity index (χ1n) is 10.0. The third-order valence-electron chi connectivity index (χ3n) is 6.30. The Kier molecular flexibility index (Phi) is 7.33. The van der Waals surface area contributed by atoms with E-state index in [1.54, 1.807) is 0 Å². The van der Waals surface area contributed by atoms with Gasteiger partial charge in [-0.25, -0.2) is 0 Å². The van der Waals surface area contributed by atoms with E-state index in [2.05, 4.69) is 32.9 Å². The minimum Gasteiger partial charge on any atom is -0.393 e. The Morgan fingerprint density at radius 1 is 1.04 bits per heavy atom. The van der Waals surface area contributed by atoms with Crippen molar-refractivity contribution in [2.75, 3.05) is 0 Å². The molecule has 3 N–H and O–H groups in total. The average Bonchev–Trinajstić information content (AvgIpc) is 2.81. The summed E-state index contributed by atoms with van der Waals surface area (Å²) < 4.78 is 0. The molecule has 0 heterocycles. The molecule has 2 fully saturated rings. The number of hydrogen-bond acceptors (Lipinski definition) is 3.